The average molecular weight is 276 g/mol. The second-order valence-electron chi connectivity index (χ2n) is 4.93. The van der Waals surface area contributed by atoms with Gasteiger partial charge < -0.3 is 5.32 Å². The van der Waals surface area contributed by atoms with Crippen LogP contribution in [0.1, 0.15) is 37.1 Å². The average Bonchev–Trinajstić information content (AvgIpc) is 2.84. The van der Waals surface area contributed by atoms with Gasteiger partial charge in [0, 0.05) is 31.2 Å². The van der Waals surface area contributed by atoms with Gasteiger partial charge in [0.1, 0.15) is 5.82 Å². The third kappa shape index (κ3) is 3.87. The lowest BCUT2D eigenvalue weighted by molar-refractivity contribution is 0.486. The third-order valence-corrected chi connectivity index (χ3v) is 3.38. The van der Waals surface area contributed by atoms with Crippen molar-refractivity contribution in [3.05, 3.63) is 47.8 Å². The Labute approximate surface area is 119 Å². The van der Waals surface area contributed by atoms with Crippen molar-refractivity contribution in [3.8, 4) is 0 Å². The molecule has 0 amide bonds. The monoisotopic (exact) mass is 276 g/mol. The largest absolute Gasteiger partial charge is 0.310 e. The van der Waals surface area contributed by atoms with Crippen LogP contribution in [0.5, 0.6) is 0 Å². The number of rotatable bonds is 7. The number of pyridine rings is 1. The van der Waals surface area contributed by atoms with Gasteiger partial charge in [0.05, 0.1) is 6.20 Å². The molecule has 0 saturated carbocycles. The van der Waals surface area contributed by atoms with Crippen LogP contribution >= 0.6 is 0 Å². The quantitative estimate of drug-likeness (QED) is 0.845. The fraction of sp³-hybridized carbons (Fsp3) is 0.467. The summed E-state index contributed by atoms with van der Waals surface area (Å²) in [6.07, 6.45) is 7.61. The van der Waals surface area contributed by atoms with E-state index in [-0.39, 0.29) is 11.9 Å². The van der Waals surface area contributed by atoms with Crippen LogP contribution in [0.15, 0.2) is 30.7 Å². The van der Waals surface area contributed by atoms with Crippen molar-refractivity contribution in [2.45, 2.75) is 32.2 Å². The molecule has 0 aliphatic heterocycles. The summed E-state index contributed by atoms with van der Waals surface area (Å²) in [6, 6.07) is 3.69. The van der Waals surface area contributed by atoms with Crippen LogP contribution in [-0.2, 0) is 13.5 Å². The normalized spacial score (nSPS) is 12.6. The topological polar surface area (TPSA) is 42.7 Å². The van der Waals surface area contributed by atoms with Crippen LogP contribution in [0.2, 0.25) is 0 Å². The summed E-state index contributed by atoms with van der Waals surface area (Å²) in [5.74, 6) is -0.286. The summed E-state index contributed by atoms with van der Waals surface area (Å²) in [7, 11) is 1.94. The Bertz CT molecular complexity index is 538. The van der Waals surface area contributed by atoms with Gasteiger partial charge in [0.25, 0.3) is 0 Å². The van der Waals surface area contributed by atoms with Gasteiger partial charge in [-0.25, -0.2) is 4.39 Å². The van der Waals surface area contributed by atoms with Gasteiger partial charge in [0.15, 0.2) is 0 Å². The molecule has 1 atom stereocenters. The maximum absolute atomic E-state index is 13.3. The van der Waals surface area contributed by atoms with E-state index in [0.29, 0.717) is 0 Å². The molecule has 108 valence electrons. The lowest BCUT2D eigenvalue weighted by atomic mass is 10.0. The molecule has 2 aromatic rings. The zero-order valence-electron chi connectivity index (χ0n) is 12.0. The van der Waals surface area contributed by atoms with E-state index in [1.54, 1.807) is 18.5 Å². The fourth-order valence-electron chi connectivity index (χ4n) is 2.26. The molecule has 2 heterocycles. The Morgan fingerprint density at radius 2 is 2.25 bits per heavy atom. The van der Waals surface area contributed by atoms with E-state index in [9.17, 15) is 4.39 Å². The minimum atomic E-state index is -0.286. The first-order chi connectivity index (χ1) is 9.70. The Morgan fingerprint density at radius 1 is 1.40 bits per heavy atom. The van der Waals surface area contributed by atoms with Crippen molar-refractivity contribution < 1.29 is 4.39 Å². The Kier molecular flexibility index (Phi) is 5.24. The van der Waals surface area contributed by atoms with Gasteiger partial charge in [-0.05, 0) is 43.5 Å². The van der Waals surface area contributed by atoms with Crippen molar-refractivity contribution in [2.75, 3.05) is 6.54 Å². The molecule has 1 N–H and O–H groups in total. The van der Waals surface area contributed by atoms with Crippen molar-refractivity contribution >= 4 is 0 Å². The van der Waals surface area contributed by atoms with Crippen LogP contribution < -0.4 is 5.32 Å². The first kappa shape index (κ1) is 14.7. The van der Waals surface area contributed by atoms with Crippen LogP contribution in [-0.4, -0.2) is 21.3 Å². The van der Waals surface area contributed by atoms with E-state index >= 15 is 0 Å². The predicted molar refractivity (Wildman–Crippen MR) is 76.8 cm³/mol. The molecule has 2 rings (SSSR count). The van der Waals surface area contributed by atoms with E-state index in [2.05, 4.69) is 22.3 Å². The lowest BCUT2D eigenvalue weighted by Crippen LogP contribution is -2.23. The molecule has 2 aromatic heterocycles. The van der Waals surface area contributed by atoms with Gasteiger partial charge in [-0.15, -0.1) is 0 Å². The highest BCUT2D eigenvalue weighted by Gasteiger charge is 2.13. The third-order valence-electron chi connectivity index (χ3n) is 3.38. The smallest absolute Gasteiger partial charge is 0.141 e. The number of halogens is 1. The summed E-state index contributed by atoms with van der Waals surface area (Å²) in [5, 5.41) is 7.63. The molecule has 0 aromatic carbocycles. The van der Waals surface area contributed by atoms with E-state index in [0.717, 1.165) is 31.4 Å². The molecule has 0 radical (unpaired) electrons. The lowest BCUT2D eigenvalue weighted by Gasteiger charge is -2.18. The molecule has 5 heteroatoms. The van der Waals surface area contributed by atoms with Crippen molar-refractivity contribution in [1.82, 2.24) is 20.1 Å². The predicted octanol–water partition coefficient (Wildman–Crippen LogP) is 2.63. The van der Waals surface area contributed by atoms with Crippen molar-refractivity contribution in [2.24, 2.45) is 7.05 Å². The second-order valence-corrected chi connectivity index (χ2v) is 4.93. The number of aryl methyl sites for hydroxylation is 2. The number of aromatic nitrogens is 3. The highest BCUT2D eigenvalue weighted by molar-refractivity contribution is 5.16. The minimum Gasteiger partial charge on any atom is -0.310 e. The molecule has 0 bridgehead atoms. The van der Waals surface area contributed by atoms with Crippen molar-refractivity contribution in [1.29, 1.82) is 0 Å². The van der Waals surface area contributed by atoms with Gasteiger partial charge in [-0.2, -0.15) is 5.10 Å². The maximum Gasteiger partial charge on any atom is 0.141 e. The van der Waals surface area contributed by atoms with Crippen LogP contribution in [0, 0.1) is 5.82 Å². The molecule has 4 nitrogen and oxygen atoms in total. The highest BCUT2D eigenvalue weighted by atomic mass is 19.1. The maximum atomic E-state index is 13.3. The number of hydrogen-bond acceptors (Lipinski definition) is 3. The van der Waals surface area contributed by atoms with Crippen LogP contribution in [0.3, 0.4) is 0 Å². The number of hydrogen-bond donors (Lipinski definition) is 1. The van der Waals surface area contributed by atoms with Crippen LogP contribution in [0.25, 0.3) is 0 Å². The second kappa shape index (κ2) is 7.14. The standard InChI is InChI=1S/C15H21FN4/c1-3-7-18-15(12-9-13(16)11-17-10-12)5-4-14-6-8-19-20(14)2/h6,8-11,15,18H,3-5,7H2,1-2H3. The Morgan fingerprint density at radius 3 is 2.90 bits per heavy atom. The Hall–Kier alpha value is -1.75. The van der Waals surface area contributed by atoms with E-state index in [1.807, 2.05) is 17.8 Å². The molecule has 20 heavy (non-hydrogen) atoms. The van der Waals surface area contributed by atoms with E-state index in [1.165, 1.54) is 11.9 Å². The molecular formula is C15H21FN4. The zero-order valence-corrected chi connectivity index (χ0v) is 12.0. The summed E-state index contributed by atoms with van der Waals surface area (Å²) >= 11 is 0. The summed E-state index contributed by atoms with van der Waals surface area (Å²) in [4.78, 5) is 3.94. The first-order valence-electron chi connectivity index (χ1n) is 7.01. The van der Waals surface area contributed by atoms with E-state index in [4.69, 9.17) is 0 Å². The van der Waals surface area contributed by atoms with Gasteiger partial charge in [-0.1, -0.05) is 6.92 Å². The molecule has 0 aliphatic rings. The zero-order chi connectivity index (χ0) is 14.4. The SMILES string of the molecule is CCCNC(CCc1ccnn1C)c1cncc(F)c1. The van der Waals surface area contributed by atoms with Gasteiger partial charge >= 0.3 is 0 Å². The fourth-order valence-corrected chi connectivity index (χ4v) is 2.26. The molecular weight excluding hydrogens is 255 g/mol. The van der Waals surface area contributed by atoms with E-state index < -0.39 is 0 Å². The molecule has 0 saturated heterocycles. The highest BCUT2D eigenvalue weighted by Crippen LogP contribution is 2.19. The first-order valence-corrected chi connectivity index (χ1v) is 7.01. The molecule has 0 fully saturated rings. The summed E-state index contributed by atoms with van der Waals surface area (Å²) < 4.78 is 15.2. The molecule has 0 aliphatic carbocycles. The number of nitrogens with zero attached hydrogens (tertiary/aromatic N) is 3. The Balaban J connectivity index is 2.05. The molecule has 1 unspecified atom stereocenters. The summed E-state index contributed by atoms with van der Waals surface area (Å²) in [6.45, 7) is 3.03. The minimum absolute atomic E-state index is 0.119. The molecule has 0 spiro atoms. The van der Waals surface area contributed by atoms with Gasteiger partial charge in [0.2, 0.25) is 0 Å². The number of nitrogens with one attached hydrogen (secondary N) is 1. The summed E-state index contributed by atoms with van der Waals surface area (Å²) in [5.41, 5.74) is 2.08. The van der Waals surface area contributed by atoms with Crippen molar-refractivity contribution in [3.63, 3.8) is 0 Å². The van der Waals surface area contributed by atoms with Crippen LogP contribution in [0.4, 0.5) is 4.39 Å². The van der Waals surface area contributed by atoms with Gasteiger partial charge in [-0.3, -0.25) is 9.67 Å².